The lowest BCUT2D eigenvalue weighted by atomic mass is 10.2. The summed E-state index contributed by atoms with van der Waals surface area (Å²) in [6.45, 7) is 2.07. The van der Waals surface area contributed by atoms with Crippen LogP contribution in [0.3, 0.4) is 0 Å². The van der Waals surface area contributed by atoms with Crippen LogP contribution in [0.25, 0.3) is 0 Å². The van der Waals surface area contributed by atoms with Crippen molar-refractivity contribution in [3.63, 3.8) is 0 Å². The van der Waals surface area contributed by atoms with Crippen LogP contribution in [0.15, 0.2) is 18.2 Å². The first-order chi connectivity index (χ1) is 8.52. The molecule has 4 nitrogen and oxygen atoms in total. The van der Waals surface area contributed by atoms with Crippen molar-refractivity contribution in [3.8, 4) is 0 Å². The second-order valence-corrected chi connectivity index (χ2v) is 5.53. The fourth-order valence-corrected chi connectivity index (χ4v) is 2.34. The quantitative estimate of drug-likeness (QED) is 0.702. The minimum atomic E-state index is -0.114. The molecule has 0 aliphatic rings. The van der Waals surface area contributed by atoms with E-state index in [9.17, 15) is 4.79 Å². The monoisotopic (exact) mass is 288 g/mol. The molecule has 0 spiro atoms. The van der Waals surface area contributed by atoms with E-state index in [2.05, 4.69) is 5.32 Å². The molecule has 1 atom stereocenters. The third-order valence-electron chi connectivity index (χ3n) is 2.21. The van der Waals surface area contributed by atoms with Gasteiger partial charge in [0, 0.05) is 12.3 Å². The molecular formula is C12H17ClN2O2S. The number of thioether (sulfide) groups is 1. The Morgan fingerprint density at radius 1 is 1.61 bits per heavy atom. The maximum absolute atomic E-state index is 11.6. The van der Waals surface area contributed by atoms with E-state index in [4.69, 9.17) is 22.4 Å². The molecular weight excluding hydrogens is 272 g/mol. The van der Waals surface area contributed by atoms with Crippen molar-refractivity contribution >= 4 is 40.6 Å². The lowest BCUT2D eigenvalue weighted by Crippen LogP contribution is -2.16. The Labute approximate surface area is 116 Å². The zero-order valence-electron chi connectivity index (χ0n) is 10.1. The number of benzene rings is 1. The minimum Gasteiger partial charge on any atom is -0.399 e. The van der Waals surface area contributed by atoms with Crippen molar-refractivity contribution in [2.24, 2.45) is 5.92 Å². The zero-order valence-corrected chi connectivity index (χ0v) is 11.7. The Hall–Kier alpha value is -0.910. The van der Waals surface area contributed by atoms with Gasteiger partial charge in [-0.1, -0.05) is 18.5 Å². The van der Waals surface area contributed by atoms with E-state index in [0.29, 0.717) is 22.2 Å². The van der Waals surface area contributed by atoms with E-state index in [1.165, 1.54) is 11.8 Å². The molecule has 0 radical (unpaired) electrons. The van der Waals surface area contributed by atoms with Crippen LogP contribution >= 0.6 is 23.4 Å². The second-order valence-electron chi connectivity index (χ2n) is 4.09. The van der Waals surface area contributed by atoms with Crippen LogP contribution in [0.2, 0.25) is 5.02 Å². The molecule has 0 saturated carbocycles. The number of hydrogen-bond donors (Lipinski definition) is 3. The first kappa shape index (κ1) is 15.1. The molecule has 18 heavy (non-hydrogen) atoms. The Bertz CT molecular complexity index is 415. The number of anilines is 2. The van der Waals surface area contributed by atoms with Gasteiger partial charge in [-0.05, 0) is 29.9 Å². The highest BCUT2D eigenvalue weighted by atomic mass is 35.5. The maximum atomic E-state index is 11.6. The molecule has 6 heteroatoms. The van der Waals surface area contributed by atoms with Gasteiger partial charge in [-0.2, -0.15) is 11.8 Å². The van der Waals surface area contributed by atoms with Crippen molar-refractivity contribution in [1.29, 1.82) is 0 Å². The van der Waals surface area contributed by atoms with Crippen LogP contribution in [-0.2, 0) is 4.79 Å². The van der Waals surface area contributed by atoms with Crippen LogP contribution < -0.4 is 11.1 Å². The Kier molecular flexibility index (Phi) is 6.32. The molecule has 0 bridgehead atoms. The smallest absolute Gasteiger partial charge is 0.234 e. The predicted molar refractivity (Wildman–Crippen MR) is 78.1 cm³/mol. The van der Waals surface area contributed by atoms with Gasteiger partial charge < -0.3 is 16.2 Å². The van der Waals surface area contributed by atoms with Gasteiger partial charge in [-0.3, -0.25) is 4.79 Å². The average Bonchev–Trinajstić information content (AvgIpc) is 2.32. The Balaban J connectivity index is 2.40. The van der Waals surface area contributed by atoms with Crippen molar-refractivity contribution in [1.82, 2.24) is 0 Å². The van der Waals surface area contributed by atoms with E-state index < -0.39 is 0 Å². The zero-order chi connectivity index (χ0) is 13.5. The van der Waals surface area contributed by atoms with E-state index >= 15 is 0 Å². The first-order valence-electron chi connectivity index (χ1n) is 5.56. The van der Waals surface area contributed by atoms with Gasteiger partial charge in [0.1, 0.15) is 0 Å². The number of nitrogens with two attached hydrogens (primary N) is 1. The number of aliphatic hydroxyl groups is 1. The van der Waals surface area contributed by atoms with Gasteiger partial charge in [0.15, 0.2) is 0 Å². The summed E-state index contributed by atoms with van der Waals surface area (Å²) in [5.74, 6) is 1.17. The molecule has 0 fully saturated rings. The first-order valence-corrected chi connectivity index (χ1v) is 7.09. The number of aliphatic hydroxyl groups excluding tert-OH is 1. The summed E-state index contributed by atoms with van der Waals surface area (Å²) >= 11 is 7.43. The molecule has 0 aliphatic heterocycles. The summed E-state index contributed by atoms with van der Waals surface area (Å²) in [6, 6.07) is 4.96. The van der Waals surface area contributed by atoms with Crippen molar-refractivity contribution < 1.29 is 9.90 Å². The lowest BCUT2D eigenvalue weighted by Gasteiger charge is -2.09. The molecule has 1 rings (SSSR count). The van der Waals surface area contributed by atoms with Gasteiger partial charge in [0.05, 0.1) is 16.5 Å². The molecule has 1 aromatic carbocycles. The Morgan fingerprint density at radius 2 is 2.33 bits per heavy atom. The highest BCUT2D eigenvalue weighted by molar-refractivity contribution is 7.99. The summed E-state index contributed by atoms with van der Waals surface area (Å²) < 4.78 is 0. The molecule has 4 N–H and O–H groups in total. The van der Waals surface area contributed by atoms with Gasteiger partial charge in [-0.15, -0.1) is 0 Å². The van der Waals surface area contributed by atoms with Gasteiger partial charge in [0.2, 0.25) is 5.91 Å². The highest BCUT2D eigenvalue weighted by Gasteiger charge is 2.07. The van der Waals surface area contributed by atoms with E-state index in [0.717, 1.165) is 5.75 Å². The topological polar surface area (TPSA) is 75.3 Å². The SMILES string of the molecule is CC(CO)CSCC(=O)Nc1ccc(N)cc1Cl. The summed E-state index contributed by atoms with van der Waals surface area (Å²) in [5, 5.41) is 12.0. The molecule has 1 unspecified atom stereocenters. The maximum Gasteiger partial charge on any atom is 0.234 e. The average molecular weight is 289 g/mol. The van der Waals surface area contributed by atoms with Gasteiger partial charge in [0.25, 0.3) is 0 Å². The molecule has 0 saturated heterocycles. The number of carbonyl (C=O) groups excluding carboxylic acids is 1. The predicted octanol–water partition coefficient (Wildman–Crippen LogP) is 2.22. The number of hydrogen-bond acceptors (Lipinski definition) is 4. The third kappa shape index (κ3) is 5.16. The fourth-order valence-electron chi connectivity index (χ4n) is 1.22. The Morgan fingerprint density at radius 3 is 2.94 bits per heavy atom. The number of nitrogen functional groups attached to an aromatic ring is 1. The van der Waals surface area contributed by atoms with Crippen LogP contribution in [0.1, 0.15) is 6.92 Å². The molecule has 1 amide bonds. The van der Waals surface area contributed by atoms with E-state index in [-0.39, 0.29) is 18.4 Å². The number of rotatable bonds is 6. The highest BCUT2D eigenvalue weighted by Crippen LogP contribution is 2.24. The molecule has 0 aliphatic carbocycles. The van der Waals surface area contributed by atoms with Crippen LogP contribution in [0, 0.1) is 5.92 Å². The molecule has 0 aromatic heterocycles. The normalized spacial score (nSPS) is 12.2. The number of halogens is 1. The third-order valence-corrected chi connectivity index (χ3v) is 3.80. The fraction of sp³-hybridized carbons (Fsp3) is 0.417. The van der Waals surface area contributed by atoms with Crippen molar-refractivity contribution in [2.75, 3.05) is 29.2 Å². The van der Waals surface area contributed by atoms with Gasteiger partial charge in [-0.25, -0.2) is 0 Å². The van der Waals surface area contributed by atoms with Crippen LogP contribution in [-0.4, -0.2) is 29.1 Å². The van der Waals surface area contributed by atoms with Gasteiger partial charge >= 0.3 is 0 Å². The summed E-state index contributed by atoms with van der Waals surface area (Å²) in [4.78, 5) is 11.6. The summed E-state index contributed by atoms with van der Waals surface area (Å²) in [5.41, 5.74) is 6.68. The number of carbonyl (C=O) groups is 1. The molecule has 1 aromatic rings. The molecule has 100 valence electrons. The minimum absolute atomic E-state index is 0.114. The van der Waals surface area contributed by atoms with Crippen LogP contribution in [0.5, 0.6) is 0 Å². The van der Waals surface area contributed by atoms with E-state index in [1.54, 1.807) is 18.2 Å². The summed E-state index contributed by atoms with van der Waals surface area (Å²) in [6.07, 6.45) is 0. The second kappa shape index (κ2) is 7.51. The van der Waals surface area contributed by atoms with Crippen LogP contribution in [0.4, 0.5) is 11.4 Å². The largest absolute Gasteiger partial charge is 0.399 e. The lowest BCUT2D eigenvalue weighted by molar-refractivity contribution is -0.113. The standard InChI is InChI=1S/C12H17ClN2O2S/c1-8(5-16)6-18-7-12(17)15-11-3-2-9(14)4-10(11)13/h2-4,8,16H,5-7,14H2,1H3,(H,15,17). The molecule has 0 heterocycles. The van der Waals surface area contributed by atoms with E-state index in [1.807, 2.05) is 6.92 Å². The van der Waals surface area contributed by atoms with Crippen molar-refractivity contribution in [2.45, 2.75) is 6.92 Å². The number of amides is 1. The van der Waals surface area contributed by atoms with Crippen molar-refractivity contribution in [3.05, 3.63) is 23.2 Å². The number of nitrogens with one attached hydrogen (secondary N) is 1. The summed E-state index contributed by atoms with van der Waals surface area (Å²) in [7, 11) is 0.